The van der Waals surface area contributed by atoms with E-state index in [2.05, 4.69) is 20.3 Å². The maximum Gasteiger partial charge on any atom is 0.258 e. The molecule has 0 aliphatic carbocycles. The Morgan fingerprint density at radius 2 is 2.05 bits per heavy atom. The number of pyridine rings is 1. The Bertz CT molecular complexity index is 842. The minimum Gasteiger partial charge on any atom is -0.354 e. The minimum atomic E-state index is -0.189. The highest BCUT2D eigenvalue weighted by atomic mass is 35.5. The minimum absolute atomic E-state index is 0.189. The number of nitrogens with one attached hydrogen (secondary N) is 2. The van der Waals surface area contributed by atoms with E-state index >= 15 is 0 Å². The molecule has 5 nitrogen and oxygen atoms in total. The van der Waals surface area contributed by atoms with E-state index in [0.717, 1.165) is 10.9 Å². The van der Waals surface area contributed by atoms with Crippen molar-refractivity contribution in [2.75, 3.05) is 11.9 Å². The van der Waals surface area contributed by atoms with Gasteiger partial charge >= 0.3 is 0 Å². The Balaban J connectivity index is 2.28. The Morgan fingerprint density at radius 3 is 2.76 bits per heavy atom. The molecule has 0 aliphatic heterocycles. The highest BCUT2D eigenvalue weighted by Gasteiger charge is 2.11. The van der Waals surface area contributed by atoms with Crippen LogP contribution in [0.2, 0.25) is 5.02 Å². The van der Waals surface area contributed by atoms with Crippen LogP contribution >= 0.6 is 11.6 Å². The van der Waals surface area contributed by atoms with Crippen LogP contribution in [0.25, 0.3) is 22.0 Å². The summed E-state index contributed by atoms with van der Waals surface area (Å²) in [4.78, 5) is 23.6. The van der Waals surface area contributed by atoms with Crippen molar-refractivity contribution in [2.45, 2.75) is 6.92 Å². The first-order valence-corrected chi connectivity index (χ1v) is 6.95. The summed E-state index contributed by atoms with van der Waals surface area (Å²) >= 11 is 5.90. The standard InChI is InChI=1S/C15H13ClN4O/c1-2-17-15-19-8-10-7-18-14(21)12(13(10)20-15)9-3-5-11(16)6-4-9/h3-8H,2H2,1H3,(H,18,21)(H,17,19,20). The molecule has 0 atom stereocenters. The number of aromatic nitrogens is 3. The number of halogens is 1. The van der Waals surface area contributed by atoms with Gasteiger partial charge in [-0.3, -0.25) is 4.79 Å². The van der Waals surface area contributed by atoms with E-state index in [1.165, 1.54) is 0 Å². The van der Waals surface area contributed by atoms with Crippen LogP contribution in [0.4, 0.5) is 5.95 Å². The van der Waals surface area contributed by atoms with Crippen molar-refractivity contribution >= 4 is 28.5 Å². The molecule has 0 spiro atoms. The van der Waals surface area contributed by atoms with Crippen molar-refractivity contribution < 1.29 is 0 Å². The monoisotopic (exact) mass is 300 g/mol. The number of nitrogens with zero attached hydrogens (tertiary/aromatic N) is 2. The molecule has 2 heterocycles. The Morgan fingerprint density at radius 1 is 1.29 bits per heavy atom. The van der Waals surface area contributed by atoms with Crippen LogP contribution in [-0.4, -0.2) is 21.5 Å². The van der Waals surface area contributed by atoms with Gasteiger partial charge in [-0.25, -0.2) is 9.97 Å². The summed E-state index contributed by atoms with van der Waals surface area (Å²) in [5.74, 6) is 0.505. The zero-order valence-electron chi connectivity index (χ0n) is 11.4. The number of H-pyrrole nitrogens is 1. The Labute approximate surface area is 126 Å². The number of benzene rings is 1. The van der Waals surface area contributed by atoms with Crippen LogP contribution in [0.1, 0.15) is 6.92 Å². The van der Waals surface area contributed by atoms with Crippen LogP contribution in [0.5, 0.6) is 0 Å². The number of hydrogen-bond donors (Lipinski definition) is 2. The van der Waals surface area contributed by atoms with E-state index in [1.54, 1.807) is 36.7 Å². The molecule has 0 unspecified atom stereocenters. The van der Waals surface area contributed by atoms with E-state index in [9.17, 15) is 4.79 Å². The van der Waals surface area contributed by atoms with Crippen LogP contribution in [0.3, 0.4) is 0 Å². The average molecular weight is 301 g/mol. The Hall–Kier alpha value is -2.40. The van der Waals surface area contributed by atoms with Crippen molar-refractivity contribution in [1.82, 2.24) is 15.0 Å². The lowest BCUT2D eigenvalue weighted by molar-refractivity contribution is 1.10. The summed E-state index contributed by atoms with van der Waals surface area (Å²) in [6.07, 6.45) is 3.31. The first kappa shape index (κ1) is 13.6. The second-order valence-electron chi connectivity index (χ2n) is 4.53. The average Bonchev–Trinajstić information content (AvgIpc) is 2.49. The second kappa shape index (κ2) is 5.54. The van der Waals surface area contributed by atoms with Gasteiger partial charge in [0, 0.05) is 29.3 Å². The van der Waals surface area contributed by atoms with Gasteiger partial charge in [-0.15, -0.1) is 0 Å². The molecule has 2 N–H and O–H groups in total. The van der Waals surface area contributed by atoms with Crippen molar-refractivity contribution in [3.63, 3.8) is 0 Å². The first-order chi connectivity index (χ1) is 10.2. The van der Waals surface area contributed by atoms with E-state index in [0.29, 0.717) is 28.6 Å². The lowest BCUT2D eigenvalue weighted by atomic mass is 10.1. The molecule has 3 aromatic rings. The molecule has 6 heteroatoms. The van der Waals surface area contributed by atoms with Gasteiger partial charge in [0.05, 0.1) is 11.1 Å². The zero-order chi connectivity index (χ0) is 14.8. The van der Waals surface area contributed by atoms with Gasteiger partial charge in [0.2, 0.25) is 5.95 Å². The number of hydrogen-bond acceptors (Lipinski definition) is 4. The molecule has 0 aliphatic rings. The molecule has 2 aromatic heterocycles. The summed E-state index contributed by atoms with van der Waals surface area (Å²) in [5, 5.41) is 4.45. The highest BCUT2D eigenvalue weighted by molar-refractivity contribution is 6.30. The van der Waals surface area contributed by atoms with Crippen LogP contribution in [0.15, 0.2) is 41.5 Å². The quantitative estimate of drug-likeness (QED) is 0.780. The van der Waals surface area contributed by atoms with Gasteiger partial charge in [-0.1, -0.05) is 23.7 Å². The molecule has 0 radical (unpaired) electrons. The largest absolute Gasteiger partial charge is 0.354 e. The van der Waals surface area contributed by atoms with E-state index in [1.807, 2.05) is 6.92 Å². The molecule has 21 heavy (non-hydrogen) atoms. The topological polar surface area (TPSA) is 70.7 Å². The first-order valence-electron chi connectivity index (χ1n) is 6.57. The van der Waals surface area contributed by atoms with Gasteiger partial charge in [-0.05, 0) is 24.6 Å². The van der Waals surface area contributed by atoms with Crippen LogP contribution in [0, 0.1) is 0 Å². The molecule has 0 saturated carbocycles. The fourth-order valence-electron chi connectivity index (χ4n) is 2.15. The van der Waals surface area contributed by atoms with Gasteiger partial charge in [0.25, 0.3) is 5.56 Å². The van der Waals surface area contributed by atoms with Gasteiger partial charge in [0.15, 0.2) is 0 Å². The third kappa shape index (κ3) is 2.60. The number of rotatable bonds is 3. The molecular weight excluding hydrogens is 288 g/mol. The Kier molecular flexibility index (Phi) is 3.58. The van der Waals surface area contributed by atoms with Crippen molar-refractivity contribution in [2.24, 2.45) is 0 Å². The molecule has 1 aromatic carbocycles. The fraction of sp³-hybridized carbons (Fsp3) is 0.133. The molecule has 106 valence electrons. The predicted molar refractivity (Wildman–Crippen MR) is 84.8 cm³/mol. The molecular formula is C15H13ClN4O. The SMILES string of the molecule is CCNc1ncc2c[nH]c(=O)c(-c3ccc(Cl)cc3)c2n1. The molecule has 0 fully saturated rings. The third-order valence-electron chi connectivity index (χ3n) is 3.11. The van der Waals surface area contributed by atoms with Gasteiger partial charge in [-0.2, -0.15) is 0 Å². The lowest BCUT2D eigenvalue weighted by Gasteiger charge is -2.07. The van der Waals surface area contributed by atoms with Crippen molar-refractivity contribution in [3.05, 3.63) is 52.0 Å². The van der Waals surface area contributed by atoms with Crippen molar-refractivity contribution in [3.8, 4) is 11.1 Å². The molecule has 0 bridgehead atoms. The number of anilines is 1. The maximum atomic E-state index is 12.2. The zero-order valence-corrected chi connectivity index (χ0v) is 12.1. The number of fused-ring (bicyclic) bond motifs is 1. The summed E-state index contributed by atoms with van der Waals surface area (Å²) in [6.45, 7) is 2.68. The fourth-order valence-corrected chi connectivity index (χ4v) is 2.27. The molecule has 0 saturated heterocycles. The highest BCUT2D eigenvalue weighted by Crippen LogP contribution is 2.24. The molecule has 0 amide bonds. The second-order valence-corrected chi connectivity index (χ2v) is 4.96. The van der Waals surface area contributed by atoms with E-state index in [-0.39, 0.29) is 5.56 Å². The third-order valence-corrected chi connectivity index (χ3v) is 3.36. The van der Waals surface area contributed by atoms with Crippen molar-refractivity contribution in [1.29, 1.82) is 0 Å². The molecule has 3 rings (SSSR count). The lowest BCUT2D eigenvalue weighted by Crippen LogP contribution is -2.11. The summed E-state index contributed by atoms with van der Waals surface area (Å²) < 4.78 is 0. The van der Waals surface area contributed by atoms with Crippen LogP contribution in [-0.2, 0) is 0 Å². The predicted octanol–water partition coefficient (Wildman–Crippen LogP) is 3.07. The van der Waals surface area contributed by atoms with E-state index in [4.69, 9.17) is 11.6 Å². The number of aromatic amines is 1. The van der Waals surface area contributed by atoms with Gasteiger partial charge in [0.1, 0.15) is 0 Å². The summed E-state index contributed by atoms with van der Waals surface area (Å²) in [5.41, 5.74) is 1.72. The maximum absolute atomic E-state index is 12.2. The van der Waals surface area contributed by atoms with Crippen LogP contribution < -0.4 is 10.9 Å². The summed E-state index contributed by atoms with van der Waals surface area (Å²) in [6, 6.07) is 7.12. The normalized spacial score (nSPS) is 10.8. The van der Waals surface area contributed by atoms with E-state index < -0.39 is 0 Å². The smallest absolute Gasteiger partial charge is 0.258 e. The van der Waals surface area contributed by atoms with Gasteiger partial charge < -0.3 is 10.3 Å². The summed E-state index contributed by atoms with van der Waals surface area (Å²) in [7, 11) is 0.